The summed E-state index contributed by atoms with van der Waals surface area (Å²) >= 11 is 1.01. The van der Waals surface area contributed by atoms with Crippen molar-refractivity contribution in [1.82, 2.24) is 14.8 Å². The number of nitrogens with zero attached hydrogens (tertiary/aromatic N) is 3. The van der Waals surface area contributed by atoms with Crippen LogP contribution in [0.3, 0.4) is 0 Å². The van der Waals surface area contributed by atoms with Crippen LogP contribution in [0.5, 0.6) is 0 Å². The Balaban J connectivity index is 1.87. The lowest BCUT2D eigenvalue weighted by Gasteiger charge is -2.06. The summed E-state index contributed by atoms with van der Waals surface area (Å²) in [5.74, 6) is -0.902. The molecule has 1 amide bonds. The van der Waals surface area contributed by atoms with E-state index in [1.807, 2.05) is 30.3 Å². The Labute approximate surface area is 130 Å². The summed E-state index contributed by atoms with van der Waals surface area (Å²) in [5, 5.41) is 19.1. The van der Waals surface area contributed by atoms with Crippen LogP contribution in [0.15, 0.2) is 35.5 Å². The minimum atomic E-state index is -0.954. The van der Waals surface area contributed by atoms with Gasteiger partial charge in [-0.05, 0) is 5.56 Å². The largest absolute Gasteiger partial charge is 0.481 e. The Kier molecular flexibility index (Phi) is 5.37. The molecule has 0 saturated heterocycles. The van der Waals surface area contributed by atoms with Crippen molar-refractivity contribution >= 4 is 29.8 Å². The molecule has 22 heavy (non-hydrogen) atoms. The number of ether oxygens (including phenoxy) is 1. The topological polar surface area (TPSA) is 106 Å². The number of amides is 1. The minimum Gasteiger partial charge on any atom is -0.481 e. The van der Waals surface area contributed by atoms with Crippen molar-refractivity contribution in [3.8, 4) is 0 Å². The average Bonchev–Trinajstić information content (AvgIpc) is 2.85. The Bertz CT molecular complexity index is 659. The molecule has 116 valence electrons. The molecule has 2 rings (SSSR count). The molecule has 8 nitrogen and oxygen atoms in total. The van der Waals surface area contributed by atoms with Crippen LogP contribution >= 0.6 is 11.8 Å². The van der Waals surface area contributed by atoms with Gasteiger partial charge >= 0.3 is 12.1 Å². The molecule has 0 spiro atoms. The fraction of sp³-hybridized carbons (Fsp3) is 0.231. The van der Waals surface area contributed by atoms with Crippen LogP contribution in [0.4, 0.5) is 10.7 Å². The first-order chi connectivity index (χ1) is 10.6. The fourth-order valence-corrected chi connectivity index (χ4v) is 2.16. The van der Waals surface area contributed by atoms with Gasteiger partial charge in [0.2, 0.25) is 5.95 Å². The Morgan fingerprint density at radius 2 is 2.05 bits per heavy atom. The molecule has 0 fully saturated rings. The number of nitrogens with one attached hydrogen (secondary N) is 1. The molecule has 0 saturated carbocycles. The number of carbonyl (C=O) groups is 2. The molecule has 2 aromatic rings. The van der Waals surface area contributed by atoms with Gasteiger partial charge in [0.15, 0.2) is 5.16 Å². The Morgan fingerprint density at radius 3 is 2.73 bits per heavy atom. The van der Waals surface area contributed by atoms with Gasteiger partial charge in [-0.3, -0.25) is 14.7 Å². The third kappa shape index (κ3) is 4.48. The molecule has 9 heteroatoms. The number of carbonyl (C=O) groups excluding carboxylic acids is 1. The van der Waals surface area contributed by atoms with Crippen molar-refractivity contribution in [2.75, 3.05) is 11.1 Å². The van der Waals surface area contributed by atoms with E-state index in [0.29, 0.717) is 5.16 Å². The van der Waals surface area contributed by atoms with Gasteiger partial charge in [0.1, 0.15) is 6.61 Å². The maximum absolute atomic E-state index is 11.7. The summed E-state index contributed by atoms with van der Waals surface area (Å²) in [6.45, 7) is 0.144. The van der Waals surface area contributed by atoms with Crippen molar-refractivity contribution in [3.05, 3.63) is 35.9 Å². The normalized spacial score (nSPS) is 10.2. The molecule has 0 aliphatic carbocycles. The van der Waals surface area contributed by atoms with Crippen LogP contribution in [-0.4, -0.2) is 37.7 Å². The van der Waals surface area contributed by atoms with Gasteiger partial charge < -0.3 is 9.84 Å². The van der Waals surface area contributed by atoms with Gasteiger partial charge in [0.05, 0.1) is 5.75 Å². The van der Waals surface area contributed by atoms with Crippen molar-refractivity contribution in [3.63, 3.8) is 0 Å². The molecule has 1 aromatic carbocycles. The van der Waals surface area contributed by atoms with Crippen LogP contribution in [0, 0.1) is 0 Å². The number of hydrogen-bond donors (Lipinski definition) is 2. The summed E-state index contributed by atoms with van der Waals surface area (Å²) in [6.07, 6.45) is -0.658. The lowest BCUT2D eigenvalue weighted by Crippen LogP contribution is -2.16. The van der Waals surface area contributed by atoms with E-state index in [-0.39, 0.29) is 18.3 Å². The first-order valence-corrected chi connectivity index (χ1v) is 7.26. The van der Waals surface area contributed by atoms with Gasteiger partial charge in [-0.25, -0.2) is 4.79 Å². The number of carboxylic acid groups (broad SMARTS) is 1. The predicted octanol–water partition coefficient (Wildman–Crippen LogP) is 1.74. The molecular weight excluding hydrogens is 308 g/mol. The van der Waals surface area contributed by atoms with E-state index in [1.54, 1.807) is 7.05 Å². The van der Waals surface area contributed by atoms with Crippen LogP contribution in [0.1, 0.15) is 5.56 Å². The molecule has 0 aliphatic rings. The maximum Gasteiger partial charge on any atom is 0.414 e. The van der Waals surface area contributed by atoms with E-state index in [0.717, 1.165) is 17.3 Å². The predicted molar refractivity (Wildman–Crippen MR) is 79.6 cm³/mol. The van der Waals surface area contributed by atoms with E-state index in [1.165, 1.54) is 4.57 Å². The summed E-state index contributed by atoms with van der Waals surface area (Å²) < 4.78 is 6.55. The van der Waals surface area contributed by atoms with Gasteiger partial charge in [-0.1, -0.05) is 42.1 Å². The highest BCUT2D eigenvalue weighted by Gasteiger charge is 2.13. The first kappa shape index (κ1) is 15.8. The third-order valence-electron chi connectivity index (χ3n) is 2.59. The van der Waals surface area contributed by atoms with Crippen molar-refractivity contribution in [2.45, 2.75) is 11.8 Å². The quantitative estimate of drug-likeness (QED) is 0.780. The van der Waals surface area contributed by atoms with E-state index < -0.39 is 12.1 Å². The second-order valence-corrected chi connectivity index (χ2v) is 5.18. The van der Waals surface area contributed by atoms with Crippen molar-refractivity contribution < 1.29 is 19.4 Å². The van der Waals surface area contributed by atoms with Crippen LogP contribution in [-0.2, 0) is 23.2 Å². The molecule has 0 bridgehead atoms. The summed E-state index contributed by atoms with van der Waals surface area (Å²) in [7, 11) is 1.62. The SMILES string of the molecule is Cn1c(NC(=O)OCc2ccccc2)nnc1SCC(=O)O. The Hall–Kier alpha value is -2.55. The highest BCUT2D eigenvalue weighted by atomic mass is 32.2. The van der Waals surface area contributed by atoms with E-state index in [4.69, 9.17) is 9.84 Å². The number of hydrogen-bond acceptors (Lipinski definition) is 6. The molecule has 2 N–H and O–H groups in total. The molecule has 1 aromatic heterocycles. The zero-order chi connectivity index (χ0) is 15.9. The molecule has 0 aliphatic heterocycles. The van der Waals surface area contributed by atoms with Gasteiger partial charge in [0.25, 0.3) is 0 Å². The van der Waals surface area contributed by atoms with Crippen molar-refractivity contribution in [2.24, 2.45) is 7.05 Å². The van der Waals surface area contributed by atoms with E-state index >= 15 is 0 Å². The zero-order valence-electron chi connectivity index (χ0n) is 11.7. The molecule has 1 heterocycles. The number of aromatic nitrogens is 3. The van der Waals surface area contributed by atoms with Crippen LogP contribution < -0.4 is 5.32 Å². The minimum absolute atomic E-state index is 0.134. The standard InChI is InChI=1S/C13H14N4O4S/c1-17-11(15-16-12(17)22-8-10(18)19)14-13(20)21-7-9-5-3-2-4-6-9/h2-6H,7-8H2,1H3,(H,18,19)(H,14,15,20). The van der Waals surface area contributed by atoms with Gasteiger partial charge in [0, 0.05) is 7.05 Å². The first-order valence-electron chi connectivity index (χ1n) is 6.28. The third-order valence-corrected chi connectivity index (χ3v) is 3.59. The number of benzene rings is 1. The van der Waals surface area contributed by atoms with Crippen LogP contribution in [0.2, 0.25) is 0 Å². The second-order valence-electron chi connectivity index (χ2n) is 4.23. The van der Waals surface area contributed by atoms with Crippen molar-refractivity contribution in [1.29, 1.82) is 0 Å². The van der Waals surface area contributed by atoms with E-state index in [9.17, 15) is 9.59 Å². The van der Waals surface area contributed by atoms with Gasteiger partial charge in [-0.2, -0.15) is 0 Å². The van der Waals surface area contributed by atoms with E-state index in [2.05, 4.69) is 15.5 Å². The summed E-state index contributed by atoms with van der Waals surface area (Å²) in [4.78, 5) is 22.2. The van der Waals surface area contributed by atoms with Crippen LogP contribution in [0.25, 0.3) is 0 Å². The number of aliphatic carboxylic acids is 1. The number of anilines is 1. The summed E-state index contributed by atoms with van der Waals surface area (Å²) in [5.41, 5.74) is 0.869. The molecule has 0 radical (unpaired) electrons. The highest BCUT2D eigenvalue weighted by molar-refractivity contribution is 7.99. The zero-order valence-corrected chi connectivity index (χ0v) is 12.5. The monoisotopic (exact) mass is 322 g/mol. The van der Waals surface area contributed by atoms with Gasteiger partial charge in [-0.15, -0.1) is 10.2 Å². The fourth-order valence-electron chi connectivity index (χ4n) is 1.53. The molecule has 0 unspecified atom stereocenters. The Morgan fingerprint density at radius 1 is 1.32 bits per heavy atom. The number of rotatable bonds is 6. The lowest BCUT2D eigenvalue weighted by molar-refractivity contribution is -0.133. The smallest absolute Gasteiger partial charge is 0.414 e. The second kappa shape index (κ2) is 7.46. The number of carboxylic acids is 1. The summed E-state index contributed by atoms with van der Waals surface area (Å²) in [6, 6.07) is 9.27. The maximum atomic E-state index is 11.7. The molecular formula is C13H14N4O4S. The average molecular weight is 322 g/mol. The number of thioether (sulfide) groups is 1. The lowest BCUT2D eigenvalue weighted by atomic mass is 10.2. The molecule has 0 atom stereocenters. The highest BCUT2D eigenvalue weighted by Crippen LogP contribution is 2.17.